The Hall–Kier alpha value is -1.04. The Morgan fingerprint density at radius 1 is 1.41 bits per heavy atom. The Kier molecular flexibility index (Phi) is 3.42. The molecule has 1 saturated carbocycles. The van der Waals surface area contributed by atoms with Gasteiger partial charge < -0.3 is 5.11 Å². The van der Waals surface area contributed by atoms with Gasteiger partial charge in [-0.05, 0) is 25.2 Å². The summed E-state index contributed by atoms with van der Waals surface area (Å²) < 4.78 is 39.4. The quantitative estimate of drug-likeness (QED) is 0.887. The highest BCUT2D eigenvalue weighted by Crippen LogP contribution is 2.32. The van der Waals surface area contributed by atoms with Crippen molar-refractivity contribution in [1.82, 2.24) is 9.78 Å². The van der Waals surface area contributed by atoms with Crippen LogP contribution >= 0.6 is 0 Å². The summed E-state index contributed by atoms with van der Waals surface area (Å²) in [5.74, 6) is 0.456. The van der Waals surface area contributed by atoms with E-state index in [0.717, 1.165) is 19.3 Å². The number of aliphatic hydroxyl groups is 1. The van der Waals surface area contributed by atoms with E-state index >= 15 is 0 Å². The molecule has 0 amide bonds. The highest BCUT2D eigenvalue weighted by molar-refractivity contribution is 5.20. The highest BCUT2D eigenvalue weighted by atomic mass is 19.4. The summed E-state index contributed by atoms with van der Waals surface area (Å²) in [5, 5.41) is 12.4. The fraction of sp³-hybridized carbons (Fsp3) is 0.727. The molecule has 0 aliphatic heterocycles. The van der Waals surface area contributed by atoms with Crippen LogP contribution in [0.3, 0.4) is 0 Å². The molecule has 1 fully saturated rings. The van der Waals surface area contributed by atoms with Crippen LogP contribution in [0.15, 0.2) is 6.20 Å². The van der Waals surface area contributed by atoms with Gasteiger partial charge in [-0.1, -0.05) is 6.42 Å². The Balaban J connectivity index is 2.17. The average molecular weight is 248 g/mol. The van der Waals surface area contributed by atoms with Gasteiger partial charge in [0, 0.05) is 24.9 Å². The van der Waals surface area contributed by atoms with Crippen molar-refractivity contribution in [3.8, 4) is 0 Å². The van der Waals surface area contributed by atoms with E-state index in [4.69, 9.17) is 5.11 Å². The molecule has 1 N–H and O–H groups in total. The van der Waals surface area contributed by atoms with Crippen LogP contribution in [0.4, 0.5) is 13.2 Å². The number of hydrogen-bond acceptors (Lipinski definition) is 2. The molecule has 17 heavy (non-hydrogen) atoms. The second-order valence-electron chi connectivity index (χ2n) is 4.49. The van der Waals surface area contributed by atoms with Gasteiger partial charge in [-0.2, -0.15) is 18.3 Å². The molecule has 0 spiro atoms. The van der Waals surface area contributed by atoms with Crippen molar-refractivity contribution in [1.29, 1.82) is 0 Å². The number of alkyl halides is 3. The lowest BCUT2D eigenvalue weighted by Crippen LogP contribution is -2.19. The van der Waals surface area contributed by atoms with Crippen LogP contribution in [-0.4, -0.2) is 21.5 Å². The van der Waals surface area contributed by atoms with Crippen LogP contribution < -0.4 is 0 Å². The summed E-state index contributed by atoms with van der Waals surface area (Å²) in [6.07, 6.45) is 0.265. The Morgan fingerprint density at radius 2 is 2.12 bits per heavy atom. The molecule has 6 heteroatoms. The van der Waals surface area contributed by atoms with E-state index in [1.165, 1.54) is 10.9 Å². The topological polar surface area (TPSA) is 38.0 Å². The van der Waals surface area contributed by atoms with Crippen molar-refractivity contribution in [2.45, 2.75) is 38.4 Å². The van der Waals surface area contributed by atoms with Crippen molar-refractivity contribution in [2.24, 2.45) is 5.92 Å². The van der Waals surface area contributed by atoms with Gasteiger partial charge in [0.2, 0.25) is 0 Å². The number of aliphatic hydroxyl groups excluding tert-OH is 1. The van der Waals surface area contributed by atoms with E-state index in [1.807, 2.05) is 0 Å². The zero-order valence-electron chi connectivity index (χ0n) is 9.37. The zero-order chi connectivity index (χ0) is 12.5. The molecular weight excluding hydrogens is 233 g/mol. The van der Waals surface area contributed by atoms with Gasteiger partial charge in [-0.3, -0.25) is 4.68 Å². The summed E-state index contributed by atoms with van der Waals surface area (Å²) in [4.78, 5) is 0. The van der Waals surface area contributed by atoms with Gasteiger partial charge in [0.05, 0.1) is 0 Å². The summed E-state index contributed by atoms with van der Waals surface area (Å²) in [6, 6.07) is 0. The zero-order valence-corrected chi connectivity index (χ0v) is 9.37. The summed E-state index contributed by atoms with van der Waals surface area (Å²) in [7, 11) is 0. The lowest BCUT2D eigenvalue weighted by Gasteiger charge is -2.24. The molecular formula is C11H15F3N2O. The van der Waals surface area contributed by atoms with Crippen LogP contribution in [0, 0.1) is 5.92 Å². The molecule has 0 aromatic carbocycles. The van der Waals surface area contributed by atoms with E-state index in [-0.39, 0.29) is 18.6 Å². The van der Waals surface area contributed by atoms with E-state index in [2.05, 4.69) is 5.10 Å². The molecule has 0 radical (unpaired) electrons. The molecule has 1 aliphatic rings. The third-order valence-corrected chi connectivity index (χ3v) is 3.16. The minimum absolute atomic E-state index is 0.000486. The van der Waals surface area contributed by atoms with Crippen molar-refractivity contribution < 1.29 is 18.3 Å². The molecule has 96 valence electrons. The number of hydrogen-bond donors (Lipinski definition) is 1. The molecule has 1 aromatic rings. The van der Waals surface area contributed by atoms with Gasteiger partial charge in [0.1, 0.15) is 0 Å². The van der Waals surface area contributed by atoms with Crippen molar-refractivity contribution in [3.05, 3.63) is 17.5 Å². The standard InChI is InChI=1S/C11H15F3N2O/c12-11(13,14)10-9(4-5-17)7-16(15-10)6-8-2-1-3-8/h7-8,17H,1-6H2. The smallest absolute Gasteiger partial charge is 0.396 e. The molecule has 1 heterocycles. The van der Waals surface area contributed by atoms with Crippen molar-refractivity contribution >= 4 is 0 Å². The maximum absolute atomic E-state index is 12.7. The first-order valence-corrected chi connectivity index (χ1v) is 5.75. The Morgan fingerprint density at radius 3 is 2.59 bits per heavy atom. The van der Waals surface area contributed by atoms with E-state index < -0.39 is 11.9 Å². The Bertz CT molecular complexity index is 383. The molecule has 0 unspecified atom stereocenters. The van der Waals surface area contributed by atoms with Crippen LogP contribution in [0.25, 0.3) is 0 Å². The normalized spacial score (nSPS) is 17.2. The number of nitrogens with zero attached hydrogens (tertiary/aromatic N) is 2. The minimum Gasteiger partial charge on any atom is -0.396 e. The number of rotatable bonds is 4. The van der Waals surface area contributed by atoms with Crippen LogP contribution in [-0.2, 0) is 19.1 Å². The first-order chi connectivity index (χ1) is 8.00. The molecule has 1 aliphatic carbocycles. The SMILES string of the molecule is OCCc1cn(CC2CCC2)nc1C(F)(F)F. The van der Waals surface area contributed by atoms with Gasteiger partial charge in [-0.25, -0.2) is 0 Å². The highest BCUT2D eigenvalue weighted by Gasteiger charge is 2.37. The predicted molar refractivity (Wildman–Crippen MR) is 55.4 cm³/mol. The largest absolute Gasteiger partial charge is 0.435 e. The fourth-order valence-electron chi connectivity index (χ4n) is 2.04. The molecule has 0 saturated heterocycles. The maximum atomic E-state index is 12.7. The second-order valence-corrected chi connectivity index (χ2v) is 4.49. The third-order valence-electron chi connectivity index (χ3n) is 3.16. The van der Waals surface area contributed by atoms with Crippen LogP contribution in [0.1, 0.15) is 30.5 Å². The first-order valence-electron chi connectivity index (χ1n) is 5.75. The van der Waals surface area contributed by atoms with Gasteiger partial charge in [-0.15, -0.1) is 0 Å². The Labute approximate surface area is 97.2 Å². The monoisotopic (exact) mass is 248 g/mol. The third kappa shape index (κ3) is 2.80. The number of aromatic nitrogens is 2. The minimum atomic E-state index is -4.44. The summed E-state index contributed by atoms with van der Waals surface area (Å²) in [5.41, 5.74) is -0.773. The summed E-state index contributed by atoms with van der Waals surface area (Å²) >= 11 is 0. The van der Waals surface area contributed by atoms with Crippen LogP contribution in [0.2, 0.25) is 0 Å². The maximum Gasteiger partial charge on any atom is 0.435 e. The van der Waals surface area contributed by atoms with E-state index in [1.54, 1.807) is 0 Å². The lowest BCUT2D eigenvalue weighted by molar-refractivity contribution is -0.142. The fourth-order valence-corrected chi connectivity index (χ4v) is 2.04. The average Bonchev–Trinajstić information content (AvgIpc) is 2.55. The van der Waals surface area contributed by atoms with E-state index in [0.29, 0.717) is 12.5 Å². The lowest BCUT2D eigenvalue weighted by atomic mass is 9.85. The van der Waals surface area contributed by atoms with Crippen molar-refractivity contribution in [3.63, 3.8) is 0 Å². The molecule has 2 rings (SSSR count). The van der Waals surface area contributed by atoms with Crippen molar-refractivity contribution in [2.75, 3.05) is 6.61 Å². The second kappa shape index (κ2) is 4.68. The first kappa shape index (κ1) is 12.4. The predicted octanol–water partition coefficient (Wildman–Crippen LogP) is 2.24. The van der Waals surface area contributed by atoms with Gasteiger partial charge in [0.15, 0.2) is 5.69 Å². The summed E-state index contributed by atoms with van der Waals surface area (Å²) in [6.45, 7) is 0.257. The van der Waals surface area contributed by atoms with Gasteiger partial charge >= 0.3 is 6.18 Å². The number of halogens is 3. The van der Waals surface area contributed by atoms with E-state index in [9.17, 15) is 13.2 Å². The van der Waals surface area contributed by atoms with Gasteiger partial charge in [0.25, 0.3) is 0 Å². The molecule has 3 nitrogen and oxygen atoms in total. The van der Waals surface area contributed by atoms with Crippen LogP contribution in [0.5, 0.6) is 0 Å². The molecule has 0 bridgehead atoms. The molecule has 1 aromatic heterocycles. The molecule has 0 atom stereocenters.